The van der Waals surface area contributed by atoms with Crippen LogP contribution in [-0.2, 0) is 9.47 Å². The maximum Gasteiger partial charge on any atom is 0.523 e. The van der Waals surface area contributed by atoms with Crippen molar-refractivity contribution in [1.29, 1.82) is 0 Å². The molecule has 0 saturated carbocycles. The molecule has 0 bridgehead atoms. The Labute approximate surface area is 114 Å². The number of nitrogens with zero attached hydrogens (tertiary/aromatic N) is 1. The monoisotopic (exact) mass is 312 g/mol. The van der Waals surface area contributed by atoms with Crippen molar-refractivity contribution in [2.45, 2.75) is 30.9 Å². The fraction of sp³-hybridized carbons (Fsp3) is 0.600. The third kappa shape index (κ3) is 3.32. The molecule has 0 aliphatic carbocycles. The standard InChI is InChI=1S/C10H11F3N2O6/c11-10(12,13)21-7-6(18)4(3-16)20-8(7)15-2-1-5(17)14-9(15)19/h1-2,4,6-8,16,18H,3H2,(H,14,17,19)/t4-,6?,7?,8-/m0/s1. The number of aromatic nitrogens is 2. The topological polar surface area (TPSA) is 114 Å². The second-order valence-corrected chi connectivity index (χ2v) is 4.28. The third-order valence-electron chi connectivity index (χ3n) is 2.89. The van der Waals surface area contributed by atoms with Crippen LogP contribution in [0.4, 0.5) is 13.2 Å². The molecule has 1 saturated heterocycles. The van der Waals surface area contributed by atoms with Gasteiger partial charge in [-0.15, -0.1) is 13.2 Å². The first kappa shape index (κ1) is 15.7. The van der Waals surface area contributed by atoms with Gasteiger partial charge in [0, 0.05) is 12.3 Å². The summed E-state index contributed by atoms with van der Waals surface area (Å²) in [4.78, 5) is 24.4. The highest BCUT2D eigenvalue weighted by molar-refractivity contribution is 4.94. The van der Waals surface area contributed by atoms with Crippen LogP contribution in [0.5, 0.6) is 0 Å². The van der Waals surface area contributed by atoms with Gasteiger partial charge in [0.15, 0.2) is 6.23 Å². The fourth-order valence-electron chi connectivity index (χ4n) is 2.00. The van der Waals surface area contributed by atoms with E-state index in [1.54, 1.807) is 0 Å². The van der Waals surface area contributed by atoms with Crippen molar-refractivity contribution in [3.05, 3.63) is 33.1 Å². The van der Waals surface area contributed by atoms with Gasteiger partial charge in [0.25, 0.3) is 5.56 Å². The number of hydrogen-bond donors (Lipinski definition) is 3. The minimum atomic E-state index is -5.08. The Morgan fingerprint density at radius 1 is 1.43 bits per heavy atom. The van der Waals surface area contributed by atoms with Gasteiger partial charge in [-0.3, -0.25) is 19.1 Å². The van der Waals surface area contributed by atoms with Crippen LogP contribution in [0, 0.1) is 0 Å². The van der Waals surface area contributed by atoms with Gasteiger partial charge in [0.1, 0.15) is 18.3 Å². The highest BCUT2D eigenvalue weighted by Crippen LogP contribution is 2.34. The number of aromatic amines is 1. The minimum Gasteiger partial charge on any atom is -0.394 e. The number of nitrogens with one attached hydrogen (secondary N) is 1. The average molecular weight is 312 g/mol. The Bertz CT molecular complexity index is 612. The highest BCUT2D eigenvalue weighted by Gasteiger charge is 2.50. The van der Waals surface area contributed by atoms with Crippen molar-refractivity contribution < 1.29 is 32.9 Å². The first-order valence-electron chi connectivity index (χ1n) is 5.73. The normalized spacial score (nSPS) is 29.8. The van der Waals surface area contributed by atoms with E-state index < -0.39 is 48.8 Å². The minimum absolute atomic E-state index is 0.636. The van der Waals surface area contributed by atoms with Gasteiger partial charge in [-0.2, -0.15) is 0 Å². The molecule has 21 heavy (non-hydrogen) atoms. The number of alkyl halides is 3. The van der Waals surface area contributed by atoms with Crippen molar-refractivity contribution in [2.24, 2.45) is 0 Å². The lowest BCUT2D eigenvalue weighted by atomic mass is 10.1. The van der Waals surface area contributed by atoms with Crippen molar-refractivity contribution in [1.82, 2.24) is 9.55 Å². The maximum absolute atomic E-state index is 12.4. The zero-order valence-electron chi connectivity index (χ0n) is 10.3. The summed E-state index contributed by atoms with van der Waals surface area (Å²) in [6, 6.07) is 0.897. The summed E-state index contributed by atoms with van der Waals surface area (Å²) in [6.07, 6.45) is -11.0. The molecule has 1 aliphatic rings. The largest absolute Gasteiger partial charge is 0.523 e. The summed E-state index contributed by atoms with van der Waals surface area (Å²) in [6.45, 7) is -0.770. The predicted octanol–water partition coefficient (Wildman–Crippen LogP) is -1.31. The Balaban J connectivity index is 2.38. The lowest BCUT2D eigenvalue weighted by molar-refractivity contribution is -0.356. The molecule has 1 fully saturated rings. The molecule has 2 unspecified atom stereocenters. The summed E-state index contributed by atoms with van der Waals surface area (Å²) < 4.78 is 46.5. The predicted molar refractivity (Wildman–Crippen MR) is 59.3 cm³/mol. The van der Waals surface area contributed by atoms with Crippen molar-refractivity contribution >= 4 is 0 Å². The molecule has 1 aromatic heterocycles. The smallest absolute Gasteiger partial charge is 0.394 e. The van der Waals surface area contributed by atoms with Gasteiger partial charge in [0.05, 0.1) is 6.61 Å². The third-order valence-corrected chi connectivity index (χ3v) is 2.89. The molecule has 0 spiro atoms. The highest BCUT2D eigenvalue weighted by atomic mass is 19.4. The van der Waals surface area contributed by atoms with Crippen LogP contribution < -0.4 is 11.2 Å². The second-order valence-electron chi connectivity index (χ2n) is 4.28. The second kappa shape index (κ2) is 5.60. The summed E-state index contributed by atoms with van der Waals surface area (Å²) >= 11 is 0. The van der Waals surface area contributed by atoms with Gasteiger partial charge < -0.3 is 14.9 Å². The van der Waals surface area contributed by atoms with E-state index in [1.165, 1.54) is 0 Å². The van der Waals surface area contributed by atoms with E-state index >= 15 is 0 Å². The average Bonchev–Trinajstić information content (AvgIpc) is 2.65. The number of ether oxygens (including phenoxy) is 2. The van der Waals surface area contributed by atoms with Gasteiger partial charge in [-0.1, -0.05) is 0 Å². The lowest BCUT2D eigenvalue weighted by Crippen LogP contribution is -2.41. The number of aliphatic hydroxyl groups excluding tert-OH is 2. The summed E-state index contributed by atoms with van der Waals surface area (Å²) in [5.74, 6) is 0. The van der Waals surface area contributed by atoms with Crippen LogP contribution in [0.15, 0.2) is 21.9 Å². The van der Waals surface area contributed by atoms with Crippen molar-refractivity contribution in [2.75, 3.05) is 6.61 Å². The van der Waals surface area contributed by atoms with Crippen LogP contribution in [0.1, 0.15) is 6.23 Å². The Kier molecular flexibility index (Phi) is 4.18. The van der Waals surface area contributed by atoms with Crippen LogP contribution in [0.3, 0.4) is 0 Å². The summed E-state index contributed by atoms with van der Waals surface area (Å²) in [5.41, 5.74) is -1.78. The van der Waals surface area contributed by atoms with E-state index in [4.69, 9.17) is 9.84 Å². The van der Waals surface area contributed by atoms with E-state index in [-0.39, 0.29) is 0 Å². The van der Waals surface area contributed by atoms with Gasteiger partial charge in [0.2, 0.25) is 0 Å². The quantitative estimate of drug-likeness (QED) is 0.639. The van der Waals surface area contributed by atoms with E-state index in [1.807, 2.05) is 4.98 Å². The zero-order chi connectivity index (χ0) is 15.8. The first-order valence-corrected chi connectivity index (χ1v) is 5.73. The van der Waals surface area contributed by atoms with Gasteiger partial charge >= 0.3 is 12.1 Å². The molecule has 2 rings (SSSR count). The molecule has 0 aromatic carbocycles. The van der Waals surface area contributed by atoms with E-state index in [0.717, 1.165) is 12.3 Å². The SMILES string of the molecule is O=c1ccn([C@H]2O[C@@H](CO)C(O)C2OC(F)(F)F)c(=O)[nH]1. The Morgan fingerprint density at radius 2 is 2.10 bits per heavy atom. The molecule has 3 N–H and O–H groups in total. The molecule has 0 radical (unpaired) electrons. The molecule has 0 amide bonds. The summed E-state index contributed by atoms with van der Waals surface area (Å²) in [5, 5.41) is 18.7. The number of H-pyrrole nitrogens is 1. The number of aliphatic hydroxyl groups is 2. The molecule has 4 atom stereocenters. The zero-order valence-corrected chi connectivity index (χ0v) is 10.3. The molecule has 1 aliphatic heterocycles. The van der Waals surface area contributed by atoms with E-state index in [9.17, 15) is 27.9 Å². The number of halogens is 3. The van der Waals surface area contributed by atoms with Crippen molar-refractivity contribution in [3.63, 3.8) is 0 Å². The van der Waals surface area contributed by atoms with Gasteiger partial charge in [-0.05, 0) is 0 Å². The molecule has 11 heteroatoms. The first-order chi connectivity index (χ1) is 9.73. The van der Waals surface area contributed by atoms with Gasteiger partial charge in [-0.25, -0.2) is 4.79 Å². The molecular weight excluding hydrogens is 301 g/mol. The number of rotatable bonds is 3. The number of hydrogen-bond acceptors (Lipinski definition) is 6. The Hall–Kier alpha value is -1.69. The van der Waals surface area contributed by atoms with Crippen LogP contribution >= 0.6 is 0 Å². The van der Waals surface area contributed by atoms with E-state index in [2.05, 4.69) is 4.74 Å². The van der Waals surface area contributed by atoms with Crippen LogP contribution in [0.2, 0.25) is 0 Å². The summed E-state index contributed by atoms with van der Waals surface area (Å²) in [7, 11) is 0. The molecular formula is C10H11F3N2O6. The van der Waals surface area contributed by atoms with E-state index in [0.29, 0.717) is 4.57 Å². The lowest BCUT2D eigenvalue weighted by Gasteiger charge is -2.22. The van der Waals surface area contributed by atoms with Crippen LogP contribution in [0.25, 0.3) is 0 Å². The van der Waals surface area contributed by atoms with Crippen molar-refractivity contribution in [3.8, 4) is 0 Å². The molecule has 1 aromatic rings. The molecule has 8 nitrogen and oxygen atoms in total. The maximum atomic E-state index is 12.4. The molecule has 118 valence electrons. The molecule has 2 heterocycles. The fourth-order valence-corrected chi connectivity index (χ4v) is 2.00. The van der Waals surface area contributed by atoms with Crippen LogP contribution in [-0.4, -0.2) is 51.0 Å². The Morgan fingerprint density at radius 3 is 2.62 bits per heavy atom.